The lowest BCUT2D eigenvalue weighted by Gasteiger charge is -2.44. The van der Waals surface area contributed by atoms with E-state index >= 15 is 0 Å². The molecule has 2 aromatic carbocycles. The van der Waals surface area contributed by atoms with Crippen LogP contribution >= 0.6 is 23.2 Å². The highest BCUT2D eigenvalue weighted by Crippen LogP contribution is 2.42. The number of nitrogens with one attached hydrogen (secondary N) is 1. The first-order valence-corrected chi connectivity index (χ1v) is 19.7. The van der Waals surface area contributed by atoms with Crippen LogP contribution in [0.25, 0.3) is 33.6 Å². The largest absolute Gasteiger partial charge is 0.496 e. The van der Waals surface area contributed by atoms with E-state index in [-0.39, 0.29) is 24.6 Å². The zero-order chi connectivity index (χ0) is 40.4. The Balaban J connectivity index is 1.19. The van der Waals surface area contributed by atoms with Gasteiger partial charge in [-0.2, -0.15) is 0 Å². The van der Waals surface area contributed by atoms with Crippen molar-refractivity contribution in [2.45, 2.75) is 96.7 Å². The van der Waals surface area contributed by atoms with Crippen LogP contribution in [0, 0.1) is 0 Å². The summed E-state index contributed by atoms with van der Waals surface area (Å²) < 4.78 is 17.3. The van der Waals surface area contributed by atoms with Gasteiger partial charge >= 0.3 is 6.09 Å². The fourth-order valence-corrected chi connectivity index (χ4v) is 8.40. The van der Waals surface area contributed by atoms with E-state index < -0.39 is 17.2 Å². The highest BCUT2D eigenvalue weighted by molar-refractivity contribution is 6.39. The lowest BCUT2D eigenvalue weighted by molar-refractivity contribution is -0.130. The number of aliphatic hydroxyl groups is 1. The van der Waals surface area contributed by atoms with Gasteiger partial charge in [-0.15, -0.1) is 0 Å². The predicted octanol–water partition coefficient (Wildman–Crippen LogP) is 8.55. The van der Waals surface area contributed by atoms with Crippen LogP contribution in [-0.4, -0.2) is 87.4 Å². The Bertz CT molecular complexity index is 2070. The van der Waals surface area contributed by atoms with Crippen LogP contribution in [0.15, 0.2) is 60.8 Å². The maximum absolute atomic E-state index is 13.6. The molecule has 0 spiro atoms. The maximum atomic E-state index is 13.6. The average molecular weight is 805 g/mol. The number of ether oxygens (including phenoxy) is 3. The Labute approximate surface area is 339 Å². The second-order valence-electron chi connectivity index (χ2n) is 15.9. The van der Waals surface area contributed by atoms with E-state index in [0.29, 0.717) is 87.8 Å². The van der Waals surface area contributed by atoms with Crippen LogP contribution in [0.3, 0.4) is 0 Å². The van der Waals surface area contributed by atoms with Crippen LogP contribution in [0.2, 0.25) is 10.0 Å². The Kier molecular flexibility index (Phi) is 12.5. The molecule has 1 saturated heterocycles. The van der Waals surface area contributed by atoms with Gasteiger partial charge in [0.25, 0.3) is 0 Å². The van der Waals surface area contributed by atoms with E-state index in [4.69, 9.17) is 42.4 Å². The minimum Gasteiger partial charge on any atom is -0.496 e. The number of amides is 2. The standard InChI is InChI=1S/C43H51Cl2N5O6/c1-26(51)49-19-16-31(17-20-49)50(42(2,3)4)41(52)56-25-29-13-14-35(48-40(29)55-7)34-10-8-9-32(37(34)44)33-15-18-46-39(38(33)45)27-11-12-28(36(21-27)54-6)24-47-30-22-43(5,53)23-30/h8-15,18,21,30-31,47,53H,16-17,19-20,22-25H2,1-7H3. The third kappa shape index (κ3) is 9.07. The number of pyridine rings is 2. The zero-order valence-corrected chi connectivity index (χ0v) is 34.6. The molecule has 11 nitrogen and oxygen atoms in total. The van der Waals surface area contributed by atoms with Crippen LogP contribution in [-0.2, 0) is 22.7 Å². The van der Waals surface area contributed by atoms with Gasteiger partial charge in [-0.3, -0.25) is 9.78 Å². The summed E-state index contributed by atoms with van der Waals surface area (Å²) in [4.78, 5) is 38.4. The SMILES string of the molecule is COc1cc(-c2nccc(-c3cccc(-c4ccc(COC(=O)N(C5CCN(C(C)=O)CC5)C(C)(C)C)c(OC)n4)c3Cl)c2Cl)ccc1CNC1CC(C)(O)C1. The van der Waals surface area contributed by atoms with Crippen LogP contribution in [0.1, 0.15) is 71.4 Å². The van der Waals surface area contributed by atoms with E-state index in [2.05, 4.69) is 10.3 Å². The number of aromatic nitrogens is 2. The topological polar surface area (TPSA) is 126 Å². The fraction of sp³-hybridized carbons (Fsp3) is 0.442. The molecule has 0 radical (unpaired) electrons. The van der Waals surface area contributed by atoms with Gasteiger partial charge in [0.1, 0.15) is 12.4 Å². The van der Waals surface area contributed by atoms with Gasteiger partial charge in [0.2, 0.25) is 11.8 Å². The number of methoxy groups -OCH3 is 2. The molecule has 13 heteroatoms. The molecule has 2 fully saturated rings. The van der Waals surface area contributed by atoms with E-state index in [1.807, 2.05) is 87.2 Å². The van der Waals surface area contributed by atoms with Gasteiger partial charge < -0.3 is 34.4 Å². The molecule has 1 aliphatic heterocycles. The molecule has 2 N–H and O–H groups in total. The summed E-state index contributed by atoms with van der Waals surface area (Å²) >= 11 is 14.2. The van der Waals surface area contributed by atoms with E-state index in [9.17, 15) is 14.7 Å². The highest BCUT2D eigenvalue weighted by Gasteiger charge is 2.38. The summed E-state index contributed by atoms with van der Waals surface area (Å²) in [5, 5.41) is 14.5. The number of hydrogen-bond acceptors (Lipinski definition) is 9. The first-order chi connectivity index (χ1) is 26.6. The summed E-state index contributed by atoms with van der Waals surface area (Å²) in [6.45, 7) is 11.2. The van der Waals surface area contributed by atoms with Gasteiger partial charge in [0, 0.05) is 78.2 Å². The van der Waals surface area contributed by atoms with Gasteiger partial charge in [-0.1, -0.05) is 53.5 Å². The van der Waals surface area contributed by atoms with E-state index in [0.717, 1.165) is 24.0 Å². The molecule has 1 aliphatic carbocycles. The number of likely N-dealkylation sites (tertiary alicyclic amines) is 1. The predicted molar refractivity (Wildman–Crippen MR) is 219 cm³/mol. The van der Waals surface area contributed by atoms with Gasteiger partial charge in [-0.05, 0) is 77.6 Å². The molecule has 3 heterocycles. The normalized spacial score (nSPS) is 18.6. The molecular formula is C43H51Cl2N5O6. The summed E-state index contributed by atoms with van der Waals surface area (Å²) in [5.74, 6) is 1.06. The molecule has 1 saturated carbocycles. The van der Waals surface area contributed by atoms with Crippen LogP contribution < -0.4 is 14.8 Å². The summed E-state index contributed by atoms with van der Waals surface area (Å²) in [7, 11) is 3.16. The van der Waals surface area contributed by atoms with Crippen molar-refractivity contribution in [3.63, 3.8) is 0 Å². The lowest BCUT2D eigenvalue weighted by Crippen LogP contribution is -2.55. The first-order valence-electron chi connectivity index (χ1n) is 18.9. The van der Waals surface area contributed by atoms with Crippen molar-refractivity contribution < 1.29 is 28.9 Å². The highest BCUT2D eigenvalue weighted by atomic mass is 35.5. The molecule has 2 aliphatic rings. The van der Waals surface area contributed by atoms with E-state index in [1.165, 1.54) is 7.11 Å². The lowest BCUT2D eigenvalue weighted by atomic mass is 9.77. The van der Waals surface area contributed by atoms with Crippen molar-refractivity contribution in [1.82, 2.24) is 25.1 Å². The van der Waals surface area contributed by atoms with Crippen molar-refractivity contribution in [3.8, 4) is 45.3 Å². The number of carbonyl (C=O) groups excluding carboxylic acids is 2. The smallest absolute Gasteiger partial charge is 0.410 e. The van der Waals surface area contributed by atoms with Crippen molar-refractivity contribution >= 4 is 35.2 Å². The molecule has 298 valence electrons. The molecular weight excluding hydrogens is 753 g/mol. The Morgan fingerprint density at radius 1 is 0.964 bits per heavy atom. The quantitative estimate of drug-likeness (QED) is 0.153. The molecule has 0 unspecified atom stereocenters. The average Bonchev–Trinajstić information content (AvgIpc) is 3.15. The number of hydrogen-bond donors (Lipinski definition) is 2. The Morgan fingerprint density at radius 3 is 2.29 bits per heavy atom. The molecule has 2 aromatic heterocycles. The summed E-state index contributed by atoms with van der Waals surface area (Å²) in [6, 6.07) is 17.3. The monoisotopic (exact) mass is 803 g/mol. The van der Waals surface area contributed by atoms with Gasteiger partial charge in [0.15, 0.2) is 0 Å². The number of rotatable bonds is 11. The first kappa shape index (κ1) is 41.2. The number of piperidine rings is 1. The summed E-state index contributed by atoms with van der Waals surface area (Å²) in [5.41, 5.74) is 4.55. The molecule has 56 heavy (non-hydrogen) atoms. The third-order valence-corrected chi connectivity index (χ3v) is 11.4. The number of nitrogens with zero attached hydrogens (tertiary/aromatic N) is 4. The van der Waals surface area contributed by atoms with Crippen LogP contribution in [0.4, 0.5) is 4.79 Å². The fourth-order valence-electron chi connectivity index (χ4n) is 7.75. The number of halogens is 2. The van der Waals surface area contributed by atoms with Crippen molar-refractivity contribution in [1.29, 1.82) is 0 Å². The van der Waals surface area contributed by atoms with Gasteiger partial charge in [0.05, 0.1) is 46.8 Å². The van der Waals surface area contributed by atoms with Crippen molar-refractivity contribution in [2.24, 2.45) is 0 Å². The molecule has 0 bridgehead atoms. The van der Waals surface area contributed by atoms with Gasteiger partial charge in [-0.25, -0.2) is 9.78 Å². The minimum atomic E-state index is -0.596. The number of benzene rings is 2. The minimum absolute atomic E-state index is 0.0384. The molecule has 2 amide bonds. The molecule has 0 atom stereocenters. The summed E-state index contributed by atoms with van der Waals surface area (Å²) in [6.07, 6.45) is 4.09. The van der Waals surface area contributed by atoms with E-state index in [1.54, 1.807) is 25.1 Å². The molecule has 4 aromatic rings. The maximum Gasteiger partial charge on any atom is 0.410 e. The van der Waals surface area contributed by atoms with Crippen LogP contribution in [0.5, 0.6) is 11.6 Å². The Hall–Kier alpha value is -4.42. The van der Waals surface area contributed by atoms with Crippen molar-refractivity contribution in [2.75, 3.05) is 27.3 Å². The van der Waals surface area contributed by atoms with Crippen molar-refractivity contribution in [3.05, 3.63) is 82.0 Å². The Morgan fingerprint density at radius 2 is 1.64 bits per heavy atom. The zero-order valence-electron chi connectivity index (χ0n) is 33.1. The number of carbonyl (C=O) groups is 2. The third-order valence-electron chi connectivity index (χ3n) is 10.6. The second-order valence-corrected chi connectivity index (χ2v) is 16.7. The molecule has 6 rings (SSSR count). The second kappa shape index (κ2) is 17.0.